The van der Waals surface area contributed by atoms with Crippen LogP contribution in [0.1, 0.15) is 41.5 Å². The average molecular weight is 750 g/mol. The van der Waals surface area contributed by atoms with E-state index in [1.807, 2.05) is 43.7 Å². The summed E-state index contributed by atoms with van der Waals surface area (Å²) in [5, 5.41) is 6.28. The Balaban J connectivity index is 1.45. The van der Waals surface area contributed by atoms with Gasteiger partial charge in [0.1, 0.15) is 22.8 Å². The summed E-state index contributed by atoms with van der Waals surface area (Å²) in [5.41, 5.74) is 0.622. The molecule has 2 aromatic carbocycles. The molecule has 0 spiro atoms. The first-order chi connectivity index (χ1) is 22.4. The van der Waals surface area contributed by atoms with Gasteiger partial charge in [-0.3, -0.25) is 4.72 Å². The van der Waals surface area contributed by atoms with Crippen LogP contribution in [-0.2, 0) is 19.7 Å². The minimum absolute atomic E-state index is 0.151. The standard InChI is InChI=1S/C31H41BrN8O7S/c1-30(2,3)46-28(41)38-48(43,44)37-23-11-9-8-10-22(23)34-26-21(32)19-33-27(36-26)35-24-13-12-20(18-25(24)45-7)39-14-16-40(17-15-39)29(42)47-31(4,5)6/h8-13,18-19,37H,14-17H2,1-7H3,(H,38,41)(H2,33,34,35,36). The third kappa shape index (κ3) is 10.5. The molecule has 1 aromatic heterocycles. The molecule has 0 aliphatic carbocycles. The van der Waals surface area contributed by atoms with Gasteiger partial charge in [-0.2, -0.15) is 13.4 Å². The van der Waals surface area contributed by atoms with Crippen LogP contribution in [0.25, 0.3) is 0 Å². The Morgan fingerprint density at radius 1 is 0.875 bits per heavy atom. The molecule has 1 saturated heterocycles. The number of nitrogens with one attached hydrogen (secondary N) is 4. The zero-order chi connectivity index (χ0) is 35.3. The summed E-state index contributed by atoms with van der Waals surface area (Å²) in [6.45, 7) is 12.7. The van der Waals surface area contributed by atoms with Gasteiger partial charge in [0.15, 0.2) is 0 Å². The molecule has 4 rings (SSSR count). The van der Waals surface area contributed by atoms with Gasteiger partial charge in [0.25, 0.3) is 0 Å². The molecule has 0 saturated carbocycles. The van der Waals surface area contributed by atoms with Gasteiger partial charge >= 0.3 is 22.4 Å². The Morgan fingerprint density at radius 3 is 2.15 bits per heavy atom. The van der Waals surface area contributed by atoms with E-state index in [4.69, 9.17) is 14.2 Å². The number of ether oxygens (including phenoxy) is 3. The Hall–Kier alpha value is -4.51. The molecule has 15 nitrogen and oxygen atoms in total. The predicted molar refractivity (Wildman–Crippen MR) is 188 cm³/mol. The quantitative estimate of drug-likeness (QED) is 0.202. The molecular formula is C31H41BrN8O7S. The number of halogens is 1. The number of amides is 2. The van der Waals surface area contributed by atoms with Crippen LogP contribution in [0.2, 0.25) is 0 Å². The number of hydrogen-bond acceptors (Lipinski definition) is 12. The maximum atomic E-state index is 12.7. The van der Waals surface area contributed by atoms with Gasteiger partial charge in [0.2, 0.25) is 5.95 Å². The van der Waals surface area contributed by atoms with E-state index in [0.29, 0.717) is 53.6 Å². The Kier molecular flexibility index (Phi) is 11.1. The second-order valence-corrected chi connectivity index (χ2v) is 15.0. The van der Waals surface area contributed by atoms with Crippen LogP contribution in [0.4, 0.5) is 44.1 Å². The molecule has 0 unspecified atom stereocenters. The van der Waals surface area contributed by atoms with Gasteiger partial charge in [0, 0.05) is 44.1 Å². The molecule has 0 atom stereocenters. The maximum absolute atomic E-state index is 12.7. The van der Waals surface area contributed by atoms with Crippen LogP contribution in [0.3, 0.4) is 0 Å². The molecule has 2 amide bonds. The van der Waals surface area contributed by atoms with Crippen LogP contribution in [-0.4, -0.2) is 80.0 Å². The number of piperazine rings is 1. The lowest BCUT2D eigenvalue weighted by Gasteiger charge is -2.37. The summed E-state index contributed by atoms with van der Waals surface area (Å²) in [6, 6.07) is 12.2. The van der Waals surface area contributed by atoms with Crippen molar-refractivity contribution in [3.8, 4) is 5.75 Å². The number of rotatable bonds is 9. The molecule has 1 aliphatic heterocycles. The van der Waals surface area contributed by atoms with Gasteiger partial charge in [-0.15, -0.1) is 0 Å². The summed E-state index contributed by atoms with van der Waals surface area (Å²) in [4.78, 5) is 37.3. The van der Waals surface area contributed by atoms with E-state index in [9.17, 15) is 18.0 Å². The maximum Gasteiger partial charge on any atom is 0.422 e. The van der Waals surface area contributed by atoms with E-state index in [0.717, 1.165) is 5.69 Å². The first kappa shape index (κ1) is 36.3. The summed E-state index contributed by atoms with van der Waals surface area (Å²) in [7, 11) is -2.76. The first-order valence-electron chi connectivity index (χ1n) is 15.0. The second-order valence-electron chi connectivity index (χ2n) is 12.7. The largest absolute Gasteiger partial charge is 0.494 e. The van der Waals surface area contributed by atoms with Crippen molar-refractivity contribution < 1.29 is 32.2 Å². The third-order valence-corrected chi connectivity index (χ3v) is 8.02. The van der Waals surface area contributed by atoms with Crippen molar-refractivity contribution in [2.24, 2.45) is 0 Å². The fraction of sp³-hybridized carbons (Fsp3) is 0.419. The highest BCUT2D eigenvalue weighted by molar-refractivity contribution is 9.10. The Morgan fingerprint density at radius 2 is 1.52 bits per heavy atom. The van der Waals surface area contributed by atoms with Crippen molar-refractivity contribution in [3.63, 3.8) is 0 Å². The molecule has 0 bridgehead atoms. The van der Waals surface area contributed by atoms with Crippen LogP contribution in [0, 0.1) is 0 Å². The van der Waals surface area contributed by atoms with E-state index in [-0.39, 0.29) is 17.7 Å². The molecule has 17 heteroatoms. The lowest BCUT2D eigenvalue weighted by Crippen LogP contribution is -2.50. The topological polar surface area (TPSA) is 176 Å². The number of aromatic nitrogens is 2. The van der Waals surface area contributed by atoms with Gasteiger partial charge in [-0.1, -0.05) is 12.1 Å². The Labute approximate surface area is 289 Å². The number of benzene rings is 2. The highest BCUT2D eigenvalue weighted by Crippen LogP contribution is 2.34. The predicted octanol–water partition coefficient (Wildman–Crippen LogP) is 5.97. The van der Waals surface area contributed by atoms with Crippen LogP contribution < -0.4 is 29.7 Å². The molecule has 4 N–H and O–H groups in total. The highest BCUT2D eigenvalue weighted by atomic mass is 79.9. The van der Waals surface area contributed by atoms with Crippen LogP contribution in [0.15, 0.2) is 53.1 Å². The zero-order valence-corrected chi connectivity index (χ0v) is 30.3. The fourth-order valence-corrected chi connectivity index (χ4v) is 5.55. The first-order valence-corrected chi connectivity index (χ1v) is 17.3. The van der Waals surface area contributed by atoms with Crippen molar-refractivity contribution in [2.45, 2.75) is 52.7 Å². The van der Waals surface area contributed by atoms with Gasteiger partial charge < -0.3 is 34.6 Å². The monoisotopic (exact) mass is 748 g/mol. The van der Waals surface area contributed by atoms with E-state index < -0.39 is 27.5 Å². The van der Waals surface area contributed by atoms with E-state index in [1.54, 1.807) is 57.2 Å². The smallest absolute Gasteiger partial charge is 0.422 e. The van der Waals surface area contributed by atoms with Crippen molar-refractivity contribution in [3.05, 3.63) is 53.1 Å². The minimum atomic E-state index is -4.32. The molecule has 1 fully saturated rings. The van der Waals surface area contributed by atoms with Gasteiger partial charge in [0.05, 0.1) is 28.6 Å². The minimum Gasteiger partial charge on any atom is -0.494 e. The van der Waals surface area contributed by atoms with Crippen molar-refractivity contribution in [1.29, 1.82) is 0 Å². The third-order valence-electron chi connectivity index (χ3n) is 6.51. The average Bonchev–Trinajstić information content (AvgIpc) is 2.97. The van der Waals surface area contributed by atoms with Crippen molar-refractivity contribution >= 4 is 72.8 Å². The summed E-state index contributed by atoms with van der Waals surface area (Å²) >= 11 is 3.44. The molecular weight excluding hydrogens is 708 g/mol. The van der Waals surface area contributed by atoms with Gasteiger partial charge in [-0.25, -0.2) is 19.3 Å². The Bertz CT molecular complexity index is 1740. The van der Waals surface area contributed by atoms with Crippen molar-refractivity contribution in [1.82, 2.24) is 19.6 Å². The van der Waals surface area contributed by atoms with E-state index in [2.05, 4.69) is 46.2 Å². The highest BCUT2D eigenvalue weighted by Gasteiger charge is 2.27. The molecule has 3 aromatic rings. The number of anilines is 6. The molecule has 260 valence electrons. The van der Waals surface area contributed by atoms with Gasteiger partial charge in [-0.05, 0) is 81.7 Å². The number of nitrogens with zero attached hydrogens (tertiary/aromatic N) is 4. The molecule has 1 aliphatic rings. The number of carbonyl (C=O) groups is 2. The summed E-state index contributed by atoms with van der Waals surface area (Å²) in [6.07, 6.45) is 0.112. The van der Waals surface area contributed by atoms with Crippen LogP contribution >= 0.6 is 15.9 Å². The van der Waals surface area contributed by atoms with Crippen molar-refractivity contribution in [2.75, 3.05) is 53.5 Å². The fourth-order valence-electron chi connectivity index (χ4n) is 4.48. The number of hydrogen-bond donors (Lipinski definition) is 4. The van der Waals surface area contributed by atoms with E-state index >= 15 is 0 Å². The second kappa shape index (κ2) is 14.7. The molecule has 48 heavy (non-hydrogen) atoms. The summed E-state index contributed by atoms with van der Waals surface area (Å²) in [5.74, 6) is 1.13. The zero-order valence-electron chi connectivity index (χ0n) is 27.9. The number of para-hydroxylation sites is 2. The SMILES string of the molecule is COc1cc(N2CCN(C(=O)OC(C)(C)C)CC2)ccc1Nc1ncc(Br)c(Nc2ccccc2NS(=O)(=O)NC(=O)OC(C)(C)C)n1. The van der Waals surface area contributed by atoms with E-state index in [1.165, 1.54) is 6.07 Å². The number of methoxy groups -OCH3 is 1. The molecule has 0 radical (unpaired) electrons. The molecule has 2 heterocycles. The van der Waals surface area contributed by atoms with Crippen LogP contribution in [0.5, 0.6) is 5.75 Å². The summed E-state index contributed by atoms with van der Waals surface area (Å²) < 4.78 is 46.2. The lowest BCUT2D eigenvalue weighted by molar-refractivity contribution is 0.0240. The lowest BCUT2D eigenvalue weighted by atomic mass is 10.2. The normalized spacial score (nSPS) is 13.8. The number of carbonyl (C=O) groups excluding carboxylic acids is 2.